The zero-order valence-corrected chi connectivity index (χ0v) is 10.8. The molecule has 98 valence electrons. The average Bonchev–Trinajstić information content (AvgIpc) is 3.02. The molecule has 3 rings (SSSR count). The second-order valence-corrected chi connectivity index (χ2v) is 5.73. The number of carbonyl (C=O) groups excluding carboxylic acids is 1. The van der Waals surface area contributed by atoms with E-state index < -0.39 is 0 Å². The van der Waals surface area contributed by atoms with Gasteiger partial charge in [-0.05, 0) is 43.9 Å². The van der Waals surface area contributed by atoms with Crippen LogP contribution in [0, 0.1) is 24.7 Å². The summed E-state index contributed by atoms with van der Waals surface area (Å²) >= 11 is 0. The number of aryl methyl sites for hydroxylation is 1. The standard InChI is InChI=1S/C14H20N2O2/c1-9-7-13(16-18-9)14(17)15-8-11-6-5-10-3-2-4-12(10)11/h7,10-12H,2-6,8H2,1H3,(H,15,17)/t10-,11+,12-/m0/s1. The van der Waals surface area contributed by atoms with Crippen LogP contribution in [0.4, 0.5) is 0 Å². The minimum atomic E-state index is -0.103. The Morgan fingerprint density at radius 3 is 3.11 bits per heavy atom. The van der Waals surface area contributed by atoms with Gasteiger partial charge in [0.15, 0.2) is 5.69 Å². The van der Waals surface area contributed by atoms with Crippen molar-refractivity contribution in [1.82, 2.24) is 10.5 Å². The van der Waals surface area contributed by atoms with Gasteiger partial charge in [-0.3, -0.25) is 4.79 Å². The smallest absolute Gasteiger partial charge is 0.273 e. The minimum Gasteiger partial charge on any atom is -0.361 e. The van der Waals surface area contributed by atoms with Crippen molar-refractivity contribution in [2.75, 3.05) is 6.54 Å². The highest BCUT2D eigenvalue weighted by atomic mass is 16.5. The molecule has 0 spiro atoms. The number of carbonyl (C=O) groups is 1. The van der Waals surface area contributed by atoms with E-state index in [0.29, 0.717) is 17.4 Å². The van der Waals surface area contributed by atoms with Gasteiger partial charge in [-0.2, -0.15) is 0 Å². The molecule has 0 aliphatic heterocycles. The maximum atomic E-state index is 11.9. The lowest BCUT2D eigenvalue weighted by molar-refractivity contribution is 0.0934. The van der Waals surface area contributed by atoms with Crippen molar-refractivity contribution in [2.24, 2.45) is 17.8 Å². The molecule has 0 bridgehead atoms. The number of aromatic nitrogens is 1. The second kappa shape index (κ2) is 4.75. The Morgan fingerprint density at radius 2 is 2.33 bits per heavy atom. The molecule has 0 radical (unpaired) electrons. The molecule has 1 N–H and O–H groups in total. The predicted octanol–water partition coefficient (Wildman–Crippen LogP) is 2.54. The molecule has 3 atom stereocenters. The van der Waals surface area contributed by atoms with Crippen molar-refractivity contribution in [3.63, 3.8) is 0 Å². The van der Waals surface area contributed by atoms with Crippen LogP contribution in [0.5, 0.6) is 0 Å². The molecule has 0 unspecified atom stereocenters. The molecule has 4 nitrogen and oxygen atoms in total. The van der Waals surface area contributed by atoms with Crippen molar-refractivity contribution in [2.45, 2.75) is 39.0 Å². The fraction of sp³-hybridized carbons (Fsp3) is 0.714. The van der Waals surface area contributed by atoms with E-state index in [0.717, 1.165) is 18.4 Å². The van der Waals surface area contributed by atoms with Crippen LogP contribution in [0.2, 0.25) is 0 Å². The topological polar surface area (TPSA) is 55.1 Å². The Balaban J connectivity index is 1.54. The molecule has 1 aromatic rings. The number of nitrogens with one attached hydrogen (secondary N) is 1. The maximum absolute atomic E-state index is 11.9. The predicted molar refractivity (Wildman–Crippen MR) is 67.1 cm³/mol. The number of hydrogen-bond donors (Lipinski definition) is 1. The van der Waals surface area contributed by atoms with Gasteiger partial charge in [-0.15, -0.1) is 0 Å². The number of amides is 1. The van der Waals surface area contributed by atoms with Gasteiger partial charge in [-0.1, -0.05) is 18.0 Å². The van der Waals surface area contributed by atoms with Crippen molar-refractivity contribution in [3.8, 4) is 0 Å². The van der Waals surface area contributed by atoms with E-state index in [9.17, 15) is 4.79 Å². The summed E-state index contributed by atoms with van der Waals surface area (Å²) in [6.07, 6.45) is 6.76. The van der Waals surface area contributed by atoms with Gasteiger partial charge < -0.3 is 9.84 Å². The average molecular weight is 248 g/mol. The van der Waals surface area contributed by atoms with E-state index in [1.54, 1.807) is 13.0 Å². The highest BCUT2D eigenvalue weighted by Gasteiger charge is 2.38. The maximum Gasteiger partial charge on any atom is 0.273 e. The summed E-state index contributed by atoms with van der Waals surface area (Å²) < 4.78 is 4.92. The first-order valence-electron chi connectivity index (χ1n) is 6.95. The first-order chi connectivity index (χ1) is 8.74. The first kappa shape index (κ1) is 11.8. The molecule has 0 aromatic carbocycles. The van der Waals surface area contributed by atoms with E-state index in [4.69, 9.17) is 4.52 Å². The van der Waals surface area contributed by atoms with Gasteiger partial charge in [0, 0.05) is 12.6 Å². The van der Waals surface area contributed by atoms with Gasteiger partial charge in [0.1, 0.15) is 5.76 Å². The molecule has 2 saturated carbocycles. The highest BCUT2D eigenvalue weighted by Crippen LogP contribution is 2.47. The molecule has 4 heteroatoms. The summed E-state index contributed by atoms with van der Waals surface area (Å²) in [4.78, 5) is 11.9. The van der Waals surface area contributed by atoms with E-state index in [-0.39, 0.29) is 5.91 Å². The lowest BCUT2D eigenvalue weighted by Crippen LogP contribution is -2.31. The van der Waals surface area contributed by atoms with E-state index in [1.165, 1.54) is 32.1 Å². The van der Waals surface area contributed by atoms with Crippen LogP contribution in [0.25, 0.3) is 0 Å². The molecule has 1 heterocycles. The Morgan fingerprint density at radius 1 is 1.44 bits per heavy atom. The number of hydrogen-bond acceptors (Lipinski definition) is 3. The van der Waals surface area contributed by atoms with Crippen LogP contribution >= 0.6 is 0 Å². The third-order valence-corrected chi connectivity index (χ3v) is 4.62. The van der Waals surface area contributed by atoms with Crippen LogP contribution in [-0.2, 0) is 0 Å². The van der Waals surface area contributed by atoms with E-state index >= 15 is 0 Å². The Kier molecular flexibility index (Phi) is 3.10. The largest absolute Gasteiger partial charge is 0.361 e. The Bertz CT molecular complexity index is 441. The normalized spacial score (nSPS) is 30.4. The molecule has 2 aliphatic rings. The number of fused-ring (bicyclic) bond motifs is 1. The van der Waals surface area contributed by atoms with Crippen LogP contribution in [0.15, 0.2) is 10.6 Å². The molecular weight excluding hydrogens is 228 g/mol. The van der Waals surface area contributed by atoms with Crippen molar-refractivity contribution in [3.05, 3.63) is 17.5 Å². The Hall–Kier alpha value is -1.32. The lowest BCUT2D eigenvalue weighted by atomic mass is 9.92. The minimum absolute atomic E-state index is 0.103. The van der Waals surface area contributed by atoms with Crippen LogP contribution in [-0.4, -0.2) is 17.6 Å². The summed E-state index contributed by atoms with van der Waals surface area (Å²) in [5.74, 6) is 3.03. The molecule has 0 saturated heterocycles. The molecule has 18 heavy (non-hydrogen) atoms. The summed E-state index contributed by atoms with van der Waals surface area (Å²) in [6, 6.07) is 1.68. The zero-order valence-electron chi connectivity index (χ0n) is 10.8. The van der Waals surface area contributed by atoms with Gasteiger partial charge in [0.05, 0.1) is 0 Å². The van der Waals surface area contributed by atoms with E-state index in [1.807, 2.05) is 0 Å². The quantitative estimate of drug-likeness (QED) is 0.894. The number of rotatable bonds is 3. The lowest BCUT2D eigenvalue weighted by Gasteiger charge is -2.18. The molecule has 2 fully saturated rings. The Labute approximate surface area is 107 Å². The second-order valence-electron chi connectivity index (χ2n) is 5.73. The summed E-state index contributed by atoms with van der Waals surface area (Å²) in [5, 5.41) is 6.75. The van der Waals surface area contributed by atoms with Gasteiger partial charge >= 0.3 is 0 Å². The molecule has 1 amide bonds. The molecular formula is C14H20N2O2. The number of nitrogens with zero attached hydrogens (tertiary/aromatic N) is 1. The summed E-state index contributed by atoms with van der Waals surface area (Å²) in [6.45, 7) is 2.59. The molecule has 2 aliphatic carbocycles. The zero-order chi connectivity index (χ0) is 12.5. The van der Waals surface area contributed by atoms with Crippen molar-refractivity contribution in [1.29, 1.82) is 0 Å². The van der Waals surface area contributed by atoms with Crippen LogP contribution < -0.4 is 5.32 Å². The fourth-order valence-corrected chi connectivity index (χ4v) is 3.73. The summed E-state index contributed by atoms with van der Waals surface area (Å²) in [5.41, 5.74) is 0.397. The highest BCUT2D eigenvalue weighted by molar-refractivity contribution is 5.92. The first-order valence-corrected chi connectivity index (χ1v) is 6.95. The van der Waals surface area contributed by atoms with E-state index in [2.05, 4.69) is 10.5 Å². The van der Waals surface area contributed by atoms with Gasteiger partial charge in [0.25, 0.3) is 5.91 Å². The van der Waals surface area contributed by atoms with Crippen LogP contribution in [0.3, 0.4) is 0 Å². The SMILES string of the molecule is Cc1cc(C(=O)NC[C@H]2CC[C@@H]3CCC[C@@H]32)no1. The van der Waals surface area contributed by atoms with Crippen LogP contribution in [0.1, 0.15) is 48.4 Å². The summed E-state index contributed by atoms with van der Waals surface area (Å²) in [7, 11) is 0. The van der Waals surface area contributed by atoms with Gasteiger partial charge in [-0.25, -0.2) is 0 Å². The van der Waals surface area contributed by atoms with Gasteiger partial charge in [0.2, 0.25) is 0 Å². The third kappa shape index (κ3) is 2.16. The van der Waals surface area contributed by atoms with Crippen molar-refractivity contribution < 1.29 is 9.32 Å². The van der Waals surface area contributed by atoms with Crippen molar-refractivity contribution >= 4 is 5.91 Å². The molecule has 1 aromatic heterocycles. The third-order valence-electron chi connectivity index (χ3n) is 4.62. The fourth-order valence-electron chi connectivity index (χ4n) is 3.73. The monoisotopic (exact) mass is 248 g/mol.